The summed E-state index contributed by atoms with van der Waals surface area (Å²) in [7, 11) is 0. The molecule has 8 heteroatoms. The van der Waals surface area contributed by atoms with Crippen LogP contribution < -0.4 is 10.6 Å². The number of nitrogens with one attached hydrogen (secondary N) is 2. The molecule has 0 amide bonds. The van der Waals surface area contributed by atoms with Gasteiger partial charge >= 0.3 is 0 Å². The van der Waals surface area contributed by atoms with E-state index < -0.39 is 0 Å². The predicted octanol–water partition coefficient (Wildman–Crippen LogP) is 3.61. The van der Waals surface area contributed by atoms with Crippen LogP contribution in [0.4, 0.5) is 0 Å². The molecule has 2 aromatic heterocycles. The number of nitrogens with zero attached hydrogens (tertiary/aromatic N) is 4. The fraction of sp³-hybridized carbons (Fsp3) is 0.350. The van der Waals surface area contributed by atoms with Gasteiger partial charge in [-0.15, -0.1) is 11.3 Å². The van der Waals surface area contributed by atoms with Crippen LogP contribution in [0.5, 0.6) is 0 Å². The zero-order valence-electron chi connectivity index (χ0n) is 16.0. The van der Waals surface area contributed by atoms with Crippen LogP contribution in [0, 0.1) is 0 Å². The lowest BCUT2D eigenvalue weighted by Gasteiger charge is -2.11. The molecule has 0 saturated carbocycles. The molecule has 0 fully saturated rings. The van der Waals surface area contributed by atoms with Crippen LogP contribution in [-0.2, 0) is 6.42 Å². The molecule has 148 valence electrons. The fourth-order valence-corrected chi connectivity index (χ4v) is 4.23. The zero-order valence-corrected chi connectivity index (χ0v) is 17.7. The Labute approximate surface area is 174 Å². The van der Waals surface area contributed by atoms with Crippen molar-refractivity contribution >= 4 is 29.1 Å². The molecular formula is C20H26N6S2. The third-order valence-electron chi connectivity index (χ3n) is 3.96. The minimum absolute atomic E-state index is 0.812. The Morgan fingerprint density at radius 3 is 2.82 bits per heavy atom. The number of thioether (sulfide) groups is 1. The maximum absolute atomic E-state index is 4.66. The average Bonchev–Trinajstić information content (AvgIpc) is 3.42. The van der Waals surface area contributed by atoms with Gasteiger partial charge in [0.25, 0.3) is 0 Å². The lowest BCUT2D eigenvalue weighted by atomic mass is 10.1. The molecule has 0 aliphatic rings. The molecule has 2 heterocycles. The third kappa shape index (κ3) is 6.69. The van der Waals surface area contributed by atoms with Gasteiger partial charge in [-0.1, -0.05) is 23.9 Å². The Morgan fingerprint density at radius 2 is 2.11 bits per heavy atom. The number of hydrogen-bond donors (Lipinski definition) is 2. The molecule has 0 unspecified atom stereocenters. The van der Waals surface area contributed by atoms with Gasteiger partial charge < -0.3 is 10.6 Å². The molecule has 0 aliphatic carbocycles. The van der Waals surface area contributed by atoms with Crippen LogP contribution >= 0.6 is 23.1 Å². The van der Waals surface area contributed by atoms with Gasteiger partial charge in [-0.2, -0.15) is 5.10 Å². The van der Waals surface area contributed by atoms with Gasteiger partial charge in [0, 0.05) is 49.4 Å². The van der Waals surface area contributed by atoms with Gasteiger partial charge in [-0.05, 0) is 43.5 Å². The molecule has 6 nitrogen and oxygen atoms in total. The molecule has 0 spiro atoms. The highest BCUT2D eigenvalue weighted by atomic mass is 32.2. The maximum Gasteiger partial charge on any atom is 0.191 e. The first-order chi connectivity index (χ1) is 13.8. The molecular weight excluding hydrogens is 388 g/mol. The van der Waals surface area contributed by atoms with E-state index in [4.69, 9.17) is 0 Å². The van der Waals surface area contributed by atoms with Crippen LogP contribution in [0.1, 0.15) is 18.9 Å². The first kappa shape index (κ1) is 20.4. The van der Waals surface area contributed by atoms with Crippen molar-refractivity contribution in [3.05, 3.63) is 59.9 Å². The minimum atomic E-state index is 0.812. The summed E-state index contributed by atoms with van der Waals surface area (Å²) in [5.74, 6) is 1.92. The second kappa shape index (κ2) is 11.5. The summed E-state index contributed by atoms with van der Waals surface area (Å²) in [4.78, 5) is 8.95. The molecule has 0 bridgehead atoms. The fourth-order valence-electron chi connectivity index (χ4n) is 2.60. The smallest absolute Gasteiger partial charge is 0.191 e. The first-order valence-electron chi connectivity index (χ1n) is 9.48. The largest absolute Gasteiger partial charge is 0.357 e. The van der Waals surface area contributed by atoms with Crippen LogP contribution in [0.3, 0.4) is 0 Å². The Morgan fingerprint density at radius 1 is 1.21 bits per heavy atom. The third-order valence-corrected chi connectivity index (χ3v) is 6.02. The zero-order chi connectivity index (χ0) is 19.4. The molecule has 0 radical (unpaired) electrons. The van der Waals surface area contributed by atoms with Crippen molar-refractivity contribution in [1.82, 2.24) is 25.4 Å². The number of thiazole rings is 1. The van der Waals surface area contributed by atoms with E-state index in [1.807, 2.05) is 28.5 Å². The van der Waals surface area contributed by atoms with E-state index in [0.717, 1.165) is 54.2 Å². The highest BCUT2D eigenvalue weighted by molar-refractivity contribution is 8.00. The van der Waals surface area contributed by atoms with Gasteiger partial charge in [0.05, 0.1) is 5.69 Å². The lowest BCUT2D eigenvalue weighted by Crippen LogP contribution is -2.38. The van der Waals surface area contributed by atoms with E-state index in [1.54, 1.807) is 29.3 Å². The minimum Gasteiger partial charge on any atom is -0.357 e. The van der Waals surface area contributed by atoms with Crippen LogP contribution in [-0.4, -0.2) is 46.1 Å². The van der Waals surface area contributed by atoms with Crippen LogP contribution in [0.2, 0.25) is 0 Å². The molecule has 0 saturated heterocycles. The summed E-state index contributed by atoms with van der Waals surface area (Å²) in [5, 5.41) is 13.0. The van der Waals surface area contributed by atoms with Crippen molar-refractivity contribution in [3.8, 4) is 5.69 Å². The quantitative estimate of drug-likeness (QED) is 0.230. The summed E-state index contributed by atoms with van der Waals surface area (Å²) in [6.45, 7) is 4.61. The summed E-state index contributed by atoms with van der Waals surface area (Å²) >= 11 is 3.49. The normalized spacial score (nSPS) is 11.5. The molecule has 0 aliphatic heterocycles. The van der Waals surface area contributed by atoms with E-state index in [0.29, 0.717) is 0 Å². The molecule has 2 N–H and O–H groups in total. The second-order valence-electron chi connectivity index (χ2n) is 6.05. The molecule has 28 heavy (non-hydrogen) atoms. The summed E-state index contributed by atoms with van der Waals surface area (Å²) in [5.41, 5.74) is 2.37. The molecule has 3 aromatic rings. The van der Waals surface area contributed by atoms with Crippen molar-refractivity contribution in [2.75, 3.05) is 25.4 Å². The average molecular weight is 415 g/mol. The van der Waals surface area contributed by atoms with E-state index in [-0.39, 0.29) is 0 Å². The molecule has 3 rings (SSSR count). The van der Waals surface area contributed by atoms with E-state index in [1.165, 1.54) is 5.56 Å². The van der Waals surface area contributed by atoms with E-state index in [2.05, 4.69) is 56.9 Å². The Bertz CT molecular complexity index is 813. The summed E-state index contributed by atoms with van der Waals surface area (Å²) < 4.78 is 3.00. The lowest BCUT2D eigenvalue weighted by molar-refractivity contribution is 0.794. The van der Waals surface area contributed by atoms with Crippen LogP contribution in [0.25, 0.3) is 5.69 Å². The highest BCUT2D eigenvalue weighted by Crippen LogP contribution is 2.20. The molecule has 0 atom stereocenters. The topological polar surface area (TPSA) is 67.1 Å². The van der Waals surface area contributed by atoms with Crippen molar-refractivity contribution in [1.29, 1.82) is 0 Å². The van der Waals surface area contributed by atoms with Crippen molar-refractivity contribution < 1.29 is 0 Å². The van der Waals surface area contributed by atoms with E-state index >= 15 is 0 Å². The van der Waals surface area contributed by atoms with Gasteiger partial charge in [0.2, 0.25) is 0 Å². The standard InChI is InChI=1S/C20H26N6S2/c1-2-21-19(22-10-4-15-27-20-24-13-16-28-20)23-12-9-17-5-7-18(8-6-17)26-14-3-11-25-26/h3,5-8,11,13-14,16H,2,4,9-10,12,15H2,1H3,(H2,21,22,23). The monoisotopic (exact) mass is 414 g/mol. The number of hydrogen-bond acceptors (Lipinski definition) is 5. The van der Waals surface area contributed by atoms with Crippen molar-refractivity contribution in [2.24, 2.45) is 4.99 Å². The second-order valence-corrected chi connectivity index (χ2v) is 8.29. The van der Waals surface area contributed by atoms with Gasteiger partial charge in [-0.25, -0.2) is 9.67 Å². The number of guanidine groups is 1. The van der Waals surface area contributed by atoms with Crippen LogP contribution in [0.15, 0.2) is 63.6 Å². The predicted molar refractivity (Wildman–Crippen MR) is 119 cm³/mol. The van der Waals surface area contributed by atoms with Gasteiger partial charge in [-0.3, -0.25) is 4.99 Å². The summed E-state index contributed by atoms with van der Waals surface area (Å²) in [6, 6.07) is 10.4. The number of rotatable bonds is 10. The Balaban J connectivity index is 1.38. The van der Waals surface area contributed by atoms with Crippen molar-refractivity contribution in [2.45, 2.75) is 24.1 Å². The number of aliphatic imine (C=N–C) groups is 1. The van der Waals surface area contributed by atoms with Gasteiger partial charge in [0.15, 0.2) is 5.96 Å². The maximum atomic E-state index is 4.66. The Hall–Kier alpha value is -2.32. The number of aromatic nitrogens is 3. The Kier molecular flexibility index (Phi) is 8.39. The number of benzene rings is 1. The highest BCUT2D eigenvalue weighted by Gasteiger charge is 2.00. The van der Waals surface area contributed by atoms with Crippen molar-refractivity contribution in [3.63, 3.8) is 0 Å². The van der Waals surface area contributed by atoms with E-state index in [9.17, 15) is 0 Å². The van der Waals surface area contributed by atoms with Gasteiger partial charge in [0.1, 0.15) is 4.34 Å². The first-order valence-corrected chi connectivity index (χ1v) is 11.3. The summed E-state index contributed by atoms with van der Waals surface area (Å²) in [6.07, 6.45) is 7.57. The molecule has 1 aromatic carbocycles. The SMILES string of the molecule is CCNC(=NCCCSc1nccs1)NCCc1ccc(-n2cccn2)cc1.